The Balaban J connectivity index is 1.97. The summed E-state index contributed by atoms with van der Waals surface area (Å²) in [4.78, 5) is 0. The minimum Gasteiger partial charge on any atom is -0.497 e. The predicted molar refractivity (Wildman–Crippen MR) is 101 cm³/mol. The normalized spacial score (nSPS) is 35.2. The van der Waals surface area contributed by atoms with Gasteiger partial charge >= 0.3 is 0 Å². The van der Waals surface area contributed by atoms with E-state index in [-0.39, 0.29) is 16.9 Å². The molecule has 25 heavy (non-hydrogen) atoms. The number of hydrogen-bond donors (Lipinski definition) is 1. The number of allylic oxidation sites excluding steroid dienone is 1. The molecule has 1 aromatic carbocycles. The highest BCUT2D eigenvalue weighted by atomic mass is 16.5. The van der Waals surface area contributed by atoms with Gasteiger partial charge in [-0.1, -0.05) is 32.4 Å². The lowest BCUT2D eigenvalue weighted by atomic mass is 9.48. The van der Waals surface area contributed by atoms with E-state index in [0.717, 1.165) is 43.6 Å². The lowest BCUT2D eigenvalue weighted by Gasteiger charge is -2.58. The maximum atomic E-state index is 10.7. The fourth-order valence-corrected chi connectivity index (χ4v) is 5.39. The third-order valence-corrected chi connectivity index (χ3v) is 7.05. The first-order valence-corrected chi connectivity index (χ1v) is 9.42. The number of benzene rings is 1. The molecule has 2 saturated carbocycles. The average molecular weight is 344 g/mol. The lowest BCUT2D eigenvalue weighted by Crippen LogP contribution is -2.53. The van der Waals surface area contributed by atoms with Crippen molar-refractivity contribution in [3.63, 3.8) is 0 Å². The lowest BCUT2D eigenvalue weighted by molar-refractivity contribution is -0.0996. The topological polar surface area (TPSA) is 38.7 Å². The number of hydrogen-bond acceptors (Lipinski definition) is 3. The maximum Gasteiger partial charge on any atom is 0.122 e. The van der Waals surface area contributed by atoms with Crippen molar-refractivity contribution in [3.05, 3.63) is 35.9 Å². The van der Waals surface area contributed by atoms with Crippen LogP contribution in [0.4, 0.5) is 0 Å². The van der Waals surface area contributed by atoms with E-state index >= 15 is 0 Å². The van der Waals surface area contributed by atoms with Crippen molar-refractivity contribution >= 4 is 0 Å². The van der Waals surface area contributed by atoms with E-state index in [2.05, 4.69) is 32.6 Å². The van der Waals surface area contributed by atoms with Crippen molar-refractivity contribution in [2.24, 2.45) is 16.7 Å². The molecule has 0 saturated heterocycles. The van der Waals surface area contributed by atoms with Gasteiger partial charge in [0, 0.05) is 6.07 Å². The zero-order chi connectivity index (χ0) is 18.2. The minimum atomic E-state index is -0.196. The summed E-state index contributed by atoms with van der Waals surface area (Å²) in [5, 5.41) is 10.7. The minimum absolute atomic E-state index is 0.00283. The summed E-state index contributed by atoms with van der Waals surface area (Å²) in [7, 11) is 3.38. The summed E-state index contributed by atoms with van der Waals surface area (Å²) in [5.41, 5.74) is 2.53. The zero-order valence-electron chi connectivity index (χ0n) is 16.1. The second-order valence-electron chi connectivity index (χ2n) is 8.42. The molecule has 0 radical (unpaired) electrons. The third-order valence-electron chi connectivity index (χ3n) is 7.05. The van der Waals surface area contributed by atoms with Gasteiger partial charge in [0.25, 0.3) is 0 Å². The van der Waals surface area contributed by atoms with Crippen molar-refractivity contribution in [3.8, 4) is 11.5 Å². The molecule has 2 aliphatic carbocycles. The molecule has 0 aliphatic heterocycles. The second-order valence-corrected chi connectivity index (χ2v) is 8.42. The van der Waals surface area contributed by atoms with E-state index in [1.165, 1.54) is 17.6 Å². The summed E-state index contributed by atoms with van der Waals surface area (Å²) < 4.78 is 10.9. The summed E-state index contributed by atoms with van der Waals surface area (Å²) in [6, 6.07) is 6.12. The maximum absolute atomic E-state index is 10.7. The van der Waals surface area contributed by atoms with E-state index in [1.807, 2.05) is 6.07 Å². The van der Waals surface area contributed by atoms with Gasteiger partial charge in [0.1, 0.15) is 11.5 Å². The molecule has 0 spiro atoms. The van der Waals surface area contributed by atoms with Crippen molar-refractivity contribution in [2.45, 2.75) is 58.5 Å². The van der Waals surface area contributed by atoms with Gasteiger partial charge in [-0.15, -0.1) is 0 Å². The van der Waals surface area contributed by atoms with Crippen LogP contribution < -0.4 is 9.47 Å². The Morgan fingerprint density at radius 3 is 2.36 bits per heavy atom. The molecule has 4 atom stereocenters. The zero-order valence-corrected chi connectivity index (χ0v) is 16.1. The van der Waals surface area contributed by atoms with E-state index in [4.69, 9.17) is 9.47 Å². The molecule has 0 heterocycles. The van der Waals surface area contributed by atoms with Gasteiger partial charge in [-0.25, -0.2) is 0 Å². The first kappa shape index (κ1) is 18.3. The summed E-state index contributed by atoms with van der Waals surface area (Å²) in [6.07, 6.45) is 5.97. The van der Waals surface area contributed by atoms with Crippen LogP contribution in [0.15, 0.2) is 30.4 Å². The molecule has 0 unspecified atom stereocenters. The van der Waals surface area contributed by atoms with Crippen LogP contribution >= 0.6 is 0 Å². The van der Waals surface area contributed by atoms with Gasteiger partial charge in [-0.2, -0.15) is 0 Å². The molecule has 0 aromatic heterocycles. The molecule has 1 aromatic rings. The van der Waals surface area contributed by atoms with Crippen molar-refractivity contribution in [1.82, 2.24) is 0 Å². The molecule has 3 heteroatoms. The van der Waals surface area contributed by atoms with Gasteiger partial charge in [0.2, 0.25) is 0 Å². The average Bonchev–Trinajstić information content (AvgIpc) is 2.60. The highest BCUT2D eigenvalue weighted by molar-refractivity contribution is 5.40. The molecular weight excluding hydrogens is 312 g/mol. The summed E-state index contributed by atoms with van der Waals surface area (Å²) >= 11 is 0. The molecular formula is C22H32O3. The van der Waals surface area contributed by atoms with E-state index in [1.54, 1.807) is 14.2 Å². The van der Waals surface area contributed by atoms with Crippen LogP contribution in [0.2, 0.25) is 0 Å². The predicted octanol–water partition coefficient (Wildman–Crippen LogP) is 4.77. The van der Waals surface area contributed by atoms with Crippen LogP contribution in [0.3, 0.4) is 0 Å². The Morgan fingerprint density at radius 2 is 1.76 bits per heavy atom. The van der Waals surface area contributed by atoms with Crippen LogP contribution in [0.1, 0.15) is 51.5 Å². The van der Waals surface area contributed by atoms with Crippen molar-refractivity contribution < 1.29 is 14.6 Å². The van der Waals surface area contributed by atoms with Crippen LogP contribution in [0.25, 0.3) is 0 Å². The molecule has 2 aliphatic rings. The molecule has 138 valence electrons. The smallest absolute Gasteiger partial charge is 0.122 e. The number of aliphatic hydroxyl groups excluding tert-OH is 1. The van der Waals surface area contributed by atoms with Gasteiger partial charge in [0.15, 0.2) is 0 Å². The molecule has 2 fully saturated rings. The molecule has 3 nitrogen and oxygen atoms in total. The van der Waals surface area contributed by atoms with Crippen LogP contribution in [-0.4, -0.2) is 25.4 Å². The quantitative estimate of drug-likeness (QED) is 0.800. The fourth-order valence-electron chi connectivity index (χ4n) is 5.39. The molecule has 1 N–H and O–H groups in total. The number of ether oxygens (including phenoxy) is 2. The number of fused-ring (bicyclic) bond motifs is 1. The Hall–Kier alpha value is -1.48. The van der Waals surface area contributed by atoms with E-state index in [9.17, 15) is 5.11 Å². The monoisotopic (exact) mass is 344 g/mol. The van der Waals surface area contributed by atoms with Gasteiger partial charge in [-0.3, -0.25) is 0 Å². The number of aliphatic hydroxyl groups is 1. The summed E-state index contributed by atoms with van der Waals surface area (Å²) in [6.45, 7) is 9.09. The second kappa shape index (κ2) is 6.68. The Kier molecular flexibility index (Phi) is 4.89. The van der Waals surface area contributed by atoms with Crippen LogP contribution in [-0.2, 0) is 6.42 Å². The van der Waals surface area contributed by atoms with Gasteiger partial charge < -0.3 is 14.6 Å². The fraction of sp³-hybridized carbons (Fsp3) is 0.636. The first-order valence-electron chi connectivity index (χ1n) is 9.42. The number of methoxy groups -OCH3 is 2. The summed E-state index contributed by atoms with van der Waals surface area (Å²) in [5.74, 6) is 2.11. The number of rotatable bonds is 4. The Morgan fingerprint density at radius 1 is 1.12 bits per heavy atom. The van der Waals surface area contributed by atoms with Gasteiger partial charge in [0.05, 0.1) is 20.3 Å². The van der Waals surface area contributed by atoms with E-state index in [0.29, 0.717) is 5.92 Å². The van der Waals surface area contributed by atoms with Crippen LogP contribution in [0.5, 0.6) is 11.5 Å². The van der Waals surface area contributed by atoms with Crippen LogP contribution in [0, 0.1) is 16.7 Å². The third kappa shape index (κ3) is 3.08. The highest BCUT2D eigenvalue weighted by Crippen LogP contribution is 2.60. The SMILES string of the molecule is C=C1CC[C@@]2(C)[C@@H](CCC[C@@H]2O)[C@]1(C)Cc1cc(OC)cc(OC)c1. The Labute approximate surface area is 152 Å². The highest BCUT2D eigenvalue weighted by Gasteiger charge is 2.54. The van der Waals surface area contributed by atoms with Gasteiger partial charge in [-0.05, 0) is 66.5 Å². The Bertz CT molecular complexity index is 630. The largest absolute Gasteiger partial charge is 0.497 e. The standard InChI is InChI=1S/C22H32O3/c1-15-9-10-21(2)19(7-6-8-20(21)23)22(15,3)14-16-11-17(24-4)13-18(12-16)25-5/h11-13,19-20,23H,1,6-10,14H2,2-5H3/t19-,20+,21+,22-/m1/s1. The molecule has 0 amide bonds. The van der Waals surface area contributed by atoms with E-state index < -0.39 is 0 Å². The first-order chi connectivity index (χ1) is 11.8. The molecule has 0 bridgehead atoms. The van der Waals surface area contributed by atoms with Crippen molar-refractivity contribution in [2.75, 3.05) is 14.2 Å². The van der Waals surface area contributed by atoms with Crippen molar-refractivity contribution in [1.29, 1.82) is 0 Å². The molecule has 3 rings (SSSR count).